The van der Waals surface area contributed by atoms with Gasteiger partial charge in [-0.1, -0.05) is 12.2 Å². The van der Waals surface area contributed by atoms with Crippen LogP contribution >= 0.6 is 12.2 Å². The summed E-state index contributed by atoms with van der Waals surface area (Å²) in [6.45, 7) is 1.57. The highest BCUT2D eigenvalue weighted by Crippen LogP contribution is 2.17. The Labute approximate surface area is 119 Å². The van der Waals surface area contributed by atoms with Crippen molar-refractivity contribution in [2.45, 2.75) is 25.3 Å². The van der Waals surface area contributed by atoms with Gasteiger partial charge in [-0.3, -0.25) is 14.5 Å². The summed E-state index contributed by atoms with van der Waals surface area (Å²) in [4.78, 5) is 27.7. The minimum Gasteiger partial charge on any atom is -0.393 e. The summed E-state index contributed by atoms with van der Waals surface area (Å²) in [7, 11) is 3.35. The van der Waals surface area contributed by atoms with Gasteiger partial charge in [0.15, 0.2) is 0 Å². The first-order valence-electron chi connectivity index (χ1n) is 6.43. The van der Waals surface area contributed by atoms with Crippen LogP contribution in [0, 0.1) is 0 Å². The van der Waals surface area contributed by atoms with Crippen molar-refractivity contribution in [1.29, 1.82) is 0 Å². The molecule has 1 atom stereocenters. The van der Waals surface area contributed by atoms with Gasteiger partial charge in [0, 0.05) is 27.1 Å². The molecule has 1 saturated heterocycles. The van der Waals surface area contributed by atoms with Crippen molar-refractivity contribution >= 4 is 29.0 Å². The van der Waals surface area contributed by atoms with Gasteiger partial charge in [-0.15, -0.1) is 0 Å². The number of nitrogens with one attached hydrogen (secondary N) is 1. The molecule has 108 valence electrons. The molecule has 7 heteroatoms. The maximum absolute atomic E-state index is 12.0. The second-order valence-electron chi connectivity index (χ2n) is 4.77. The van der Waals surface area contributed by atoms with Crippen LogP contribution in [0.15, 0.2) is 0 Å². The van der Waals surface area contributed by atoms with E-state index in [-0.39, 0.29) is 24.4 Å². The first kappa shape index (κ1) is 15.8. The summed E-state index contributed by atoms with van der Waals surface area (Å²) in [5.41, 5.74) is 5.41. The van der Waals surface area contributed by atoms with Gasteiger partial charge in [-0.25, -0.2) is 0 Å². The van der Waals surface area contributed by atoms with Crippen LogP contribution in [0.5, 0.6) is 0 Å². The Kier molecular flexibility index (Phi) is 6.17. The number of thiocarbonyl (C=S) groups is 1. The third kappa shape index (κ3) is 4.76. The number of rotatable bonds is 6. The zero-order valence-corrected chi connectivity index (χ0v) is 12.3. The van der Waals surface area contributed by atoms with E-state index >= 15 is 0 Å². The third-order valence-electron chi connectivity index (χ3n) is 3.37. The molecular formula is C12H22N4O2S. The lowest BCUT2D eigenvalue weighted by Crippen LogP contribution is -2.46. The van der Waals surface area contributed by atoms with Crippen LogP contribution in [0.25, 0.3) is 0 Å². The van der Waals surface area contributed by atoms with E-state index in [1.807, 2.05) is 4.90 Å². The molecule has 1 aliphatic rings. The van der Waals surface area contributed by atoms with E-state index in [0.717, 1.165) is 19.4 Å². The second kappa shape index (κ2) is 7.40. The first-order chi connectivity index (χ1) is 8.95. The molecular weight excluding hydrogens is 264 g/mol. The zero-order valence-electron chi connectivity index (χ0n) is 11.5. The summed E-state index contributed by atoms with van der Waals surface area (Å²) in [5.74, 6) is -0.0249. The third-order valence-corrected chi connectivity index (χ3v) is 3.57. The van der Waals surface area contributed by atoms with Gasteiger partial charge in [-0.05, 0) is 19.4 Å². The van der Waals surface area contributed by atoms with Gasteiger partial charge in [0.2, 0.25) is 11.8 Å². The molecule has 0 spiro atoms. The van der Waals surface area contributed by atoms with Crippen LogP contribution in [0.3, 0.4) is 0 Å². The quantitative estimate of drug-likeness (QED) is 0.633. The van der Waals surface area contributed by atoms with Crippen molar-refractivity contribution in [3.05, 3.63) is 0 Å². The molecule has 1 heterocycles. The topological polar surface area (TPSA) is 78.7 Å². The molecule has 1 aliphatic heterocycles. The smallest absolute Gasteiger partial charge is 0.237 e. The van der Waals surface area contributed by atoms with Gasteiger partial charge in [0.1, 0.15) is 0 Å². The minimum absolute atomic E-state index is 0.00736. The van der Waals surface area contributed by atoms with Gasteiger partial charge < -0.3 is 16.0 Å². The second-order valence-corrected chi connectivity index (χ2v) is 5.30. The van der Waals surface area contributed by atoms with Crippen molar-refractivity contribution < 1.29 is 9.59 Å². The Hall–Kier alpha value is -1.21. The molecule has 3 N–H and O–H groups in total. The summed E-state index contributed by atoms with van der Waals surface area (Å²) < 4.78 is 0. The molecule has 1 fully saturated rings. The predicted molar refractivity (Wildman–Crippen MR) is 77.7 cm³/mol. The Morgan fingerprint density at radius 3 is 2.79 bits per heavy atom. The van der Waals surface area contributed by atoms with Gasteiger partial charge in [-0.2, -0.15) is 0 Å². The van der Waals surface area contributed by atoms with Crippen molar-refractivity contribution in [2.75, 3.05) is 33.7 Å². The van der Waals surface area contributed by atoms with Crippen LogP contribution < -0.4 is 11.1 Å². The molecule has 0 saturated carbocycles. The number of amides is 2. The highest BCUT2D eigenvalue weighted by molar-refractivity contribution is 7.80. The molecule has 1 rings (SSSR count). The molecule has 0 aliphatic carbocycles. The summed E-state index contributed by atoms with van der Waals surface area (Å²) in [6.07, 6.45) is 2.28. The monoisotopic (exact) mass is 286 g/mol. The van der Waals surface area contributed by atoms with E-state index in [1.165, 1.54) is 0 Å². The molecule has 0 aromatic rings. The van der Waals surface area contributed by atoms with E-state index in [9.17, 15) is 9.59 Å². The number of carbonyl (C=O) groups excluding carboxylic acids is 2. The Morgan fingerprint density at radius 2 is 2.21 bits per heavy atom. The maximum atomic E-state index is 12.0. The number of nitrogens with zero attached hydrogens (tertiary/aromatic N) is 2. The maximum Gasteiger partial charge on any atom is 0.237 e. The number of likely N-dealkylation sites (N-methyl/N-ethyl adjacent to an activating group) is 2. The van der Waals surface area contributed by atoms with Crippen molar-refractivity contribution in [3.8, 4) is 0 Å². The molecule has 6 nitrogen and oxygen atoms in total. The van der Waals surface area contributed by atoms with Gasteiger partial charge >= 0.3 is 0 Å². The number of nitrogens with two attached hydrogens (primary N) is 1. The minimum atomic E-state index is -0.182. The Balaban J connectivity index is 2.46. The predicted octanol–water partition coefficient (Wildman–Crippen LogP) is -0.669. The van der Waals surface area contributed by atoms with E-state index in [4.69, 9.17) is 18.0 Å². The fourth-order valence-electron chi connectivity index (χ4n) is 2.18. The summed E-state index contributed by atoms with van der Waals surface area (Å²) in [5, 5.41) is 2.64. The largest absolute Gasteiger partial charge is 0.393 e. The highest BCUT2D eigenvalue weighted by Gasteiger charge is 2.31. The van der Waals surface area contributed by atoms with Gasteiger partial charge in [0.05, 0.1) is 17.6 Å². The average molecular weight is 286 g/mol. The molecule has 19 heavy (non-hydrogen) atoms. The molecule has 0 bridgehead atoms. The fourth-order valence-corrected chi connectivity index (χ4v) is 2.27. The molecule has 2 amide bonds. The van der Waals surface area contributed by atoms with E-state index in [1.54, 1.807) is 19.0 Å². The lowest BCUT2D eigenvalue weighted by molar-refractivity contribution is -0.132. The molecule has 1 unspecified atom stereocenters. The summed E-state index contributed by atoms with van der Waals surface area (Å²) in [6, 6.07) is -0.182. The van der Waals surface area contributed by atoms with Gasteiger partial charge in [0.25, 0.3) is 0 Å². The highest BCUT2D eigenvalue weighted by atomic mass is 32.1. The van der Waals surface area contributed by atoms with E-state index in [0.29, 0.717) is 18.0 Å². The first-order valence-corrected chi connectivity index (χ1v) is 6.84. The fraction of sp³-hybridized carbons (Fsp3) is 0.750. The lowest BCUT2D eigenvalue weighted by atomic mass is 10.2. The van der Waals surface area contributed by atoms with Crippen molar-refractivity contribution in [1.82, 2.24) is 15.1 Å². The Bertz CT molecular complexity index is 362. The molecule has 0 radical (unpaired) electrons. The van der Waals surface area contributed by atoms with Crippen molar-refractivity contribution in [3.63, 3.8) is 0 Å². The molecule has 0 aromatic carbocycles. The number of hydrogen-bond acceptors (Lipinski definition) is 4. The Morgan fingerprint density at radius 1 is 1.53 bits per heavy atom. The van der Waals surface area contributed by atoms with Crippen molar-refractivity contribution in [2.24, 2.45) is 5.73 Å². The van der Waals surface area contributed by atoms with Crippen LogP contribution in [-0.4, -0.2) is 66.4 Å². The van der Waals surface area contributed by atoms with Crippen LogP contribution in [0.4, 0.5) is 0 Å². The van der Waals surface area contributed by atoms with E-state index in [2.05, 4.69) is 5.32 Å². The van der Waals surface area contributed by atoms with E-state index < -0.39 is 0 Å². The lowest BCUT2D eigenvalue weighted by Gasteiger charge is -2.25. The zero-order chi connectivity index (χ0) is 14.4. The van der Waals surface area contributed by atoms with Crippen LogP contribution in [0.2, 0.25) is 0 Å². The van der Waals surface area contributed by atoms with Crippen LogP contribution in [-0.2, 0) is 9.59 Å². The summed E-state index contributed by atoms with van der Waals surface area (Å²) >= 11 is 4.79. The number of likely N-dealkylation sites (tertiary alicyclic amines) is 1. The SMILES string of the molecule is CNC(=O)C1CCCN1CC(=O)N(C)CCC(N)=S. The normalized spacial score (nSPS) is 19.2. The molecule has 0 aromatic heterocycles. The average Bonchev–Trinajstić information content (AvgIpc) is 2.82. The number of carbonyl (C=O) groups is 2. The number of hydrogen-bond donors (Lipinski definition) is 2. The standard InChI is InChI=1S/C12H22N4O2S/c1-14-12(18)9-4-3-6-16(9)8-11(17)15(2)7-5-10(13)19/h9H,3-8H2,1-2H3,(H2,13,19)(H,14,18). The van der Waals surface area contributed by atoms with Crippen LogP contribution in [0.1, 0.15) is 19.3 Å².